The Bertz CT molecular complexity index is 223. The van der Waals surface area contributed by atoms with E-state index in [1.165, 1.54) is 51.7 Å². The van der Waals surface area contributed by atoms with Crippen LogP contribution in [0.15, 0.2) is 0 Å². The van der Waals surface area contributed by atoms with Gasteiger partial charge in [0, 0.05) is 31.7 Å². The van der Waals surface area contributed by atoms with Crippen molar-refractivity contribution >= 4 is 0 Å². The van der Waals surface area contributed by atoms with Gasteiger partial charge in [0.1, 0.15) is 0 Å². The van der Waals surface area contributed by atoms with Crippen molar-refractivity contribution in [1.29, 1.82) is 0 Å². The Hall–Kier alpha value is -0.0800. The molecule has 0 aromatic rings. The molecule has 1 aliphatic heterocycles. The highest BCUT2D eigenvalue weighted by molar-refractivity contribution is 4.89. The summed E-state index contributed by atoms with van der Waals surface area (Å²) in [6.07, 6.45) is 6.99. The summed E-state index contributed by atoms with van der Waals surface area (Å²) < 4.78 is 0. The first-order valence-corrected chi connectivity index (χ1v) is 7.66. The fourth-order valence-electron chi connectivity index (χ4n) is 3.13. The average molecular weight is 238 g/mol. The van der Waals surface area contributed by atoms with E-state index < -0.39 is 0 Å². The number of nitrogens with one attached hydrogen (secondary N) is 1. The van der Waals surface area contributed by atoms with Crippen molar-refractivity contribution in [3.05, 3.63) is 0 Å². The van der Waals surface area contributed by atoms with E-state index in [4.69, 9.17) is 0 Å². The second kappa shape index (κ2) is 6.19. The molecule has 0 amide bonds. The minimum absolute atomic E-state index is 0.738. The van der Waals surface area contributed by atoms with Crippen molar-refractivity contribution in [3.63, 3.8) is 0 Å². The standard InChI is InChI=1S/C15H30N2/c1-4-5-15-9-16-14(8-12(2)3)11-17(15)10-13-6-7-13/h12-16H,4-11H2,1-3H3. The summed E-state index contributed by atoms with van der Waals surface area (Å²) in [5.74, 6) is 1.85. The van der Waals surface area contributed by atoms with Gasteiger partial charge in [-0.1, -0.05) is 27.2 Å². The Labute approximate surface area is 107 Å². The summed E-state index contributed by atoms with van der Waals surface area (Å²) in [5, 5.41) is 3.77. The Morgan fingerprint density at radius 1 is 1.29 bits per heavy atom. The molecular weight excluding hydrogens is 208 g/mol. The van der Waals surface area contributed by atoms with Gasteiger partial charge in [0.25, 0.3) is 0 Å². The normalized spacial score (nSPS) is 31.1. The SMILES string of the molecule is CCCC1CNC(CC(C)C)CN1CC1CC1. The van der Waals surface area contributed by atoms with Crippen LogP contribution in [0, 0.1) is 11.8 Å². The quantitative estimate of drug-likeness (QED) is 0.765. The van der Waals surface area contributed by atoms with E-state index in [-0.39, 0.29) is 0 Å². The Kier molecular flexibility index (Phi) is 4.87. The minimum atomic E-state index is 0.738. The van der Waals surface area contributed by atoms with Crippen LogP contribution in [0.4, 0.5) is 0 Å². The van der Waals surface area contributed by atoms with Gasteiger partial charge in [0.2, 0.25) is 0 Å². The van der Waals surface area contributed by atoms with Gasteiger partial charge in [-0.15, -0.1) is 0 Å². The zero-order chi connectivity index (χ0) is 12.3. The fraction of sp³-hybridized carbons (Fsp3) is 1.00. The zero-order valence-electron chi connectivity index (χ0n) is 11.9. The van der Waals surface area contributed by atoms with Crippen LogP contribution in [0.3, 0.4) is 0 Å². The Morgan fingerprint density at radius 2 is 2.06 bits per heavy atom. The highest BCUT2D eigenvalue weighted by Crippen LogP contribution is 2.31. The molecule has 1 saturated heterocycles. The predicted octanol–water partition coefficient (Wildman–Crippen LogP) is 2.89. The van der Waals surface area contributed by atoms with Crippen LogP contribution in [-0.4, -0.2) is 36.6 Å². The summed E-state index contributed by atoms with van der Waals surface area (Å²) in [7, 11) is 0. The average Bonchev–Trinajstić information content (AvgIpc) is 3.05. The summed E-state index contributed by atoms with van der Waals surface area (Å²) in [6, 6.07) is 1.55. The molecule has 17 heavy (non-hydrogen) atoms. The van der Waals surface area contributed by atoms with Crippen molar-refractivity contribution in [1.82, 2.24) is 10.2 Å². The molecule has 0 bridgehead atoms. The van der Waals surface area contributed by atoms with E-state index in [0.29, 0.717) is 0 Å². The molecule has 0 aromatic heterocycles. The lowest BCUT2D eigenvalue weighted by atomic mass is 9.98. The van der Waals surface area contributed by atoms with Gasteiger partial charge in [-0.3, -0.25) is 4.90 Å². The first-order valence-electron chi connectivity index (χ1n) is 7.66. The molecule has 0 radical (unpaired) electrons. The smallest absolute Gasteiger partial charge is 0.0221 e. The molecule has 2 heteroatoms. The third-order valence-corrected chi connectivity index (χ3v) is 4.18. The largest absolute Gasteiger partial charge is 0.311 e. The van der Waals surface area contributed by atoms with E-state index in [1.54, 1.807) is 0 Å². The molecule has 0 spiro atoms. The van der Waals surface area contributed by atoms with Gasteiger partial charge >= 0.3 is 0 Å². The van der Waals surface area contributed by atoms with E-state index in [1.807, 2.05) is 0 Å². The third-order valence-electron chi connectivity index (χ3n) is 4.18. The molecule has 2 fully saturated rings. The molecule has 1 aliphatic carbocycles. The maximum Gasteiger partial charge on any atom is 0.0221 e. The maximum atomic E-state index is 3.77. The van der Waals surface area contributed by atoms with Crippen LogP contribution < -0.4 is 5.32 Å². The molecule has 2 nitrogen and oxygen atoms in total. The van der Waals surface area contributed by atoms with Crippen molar-refractivity contribution in [3.8, 4) is 0 Å². The van der Waals surface area contributed by atoms with Crippen molar-refractivity contribution in [2.45, 2.75) is 65.0 Å². The fourth-order valence-corrected chi connectivity index (χ4v) is 3.13. The van der Waals surface area contributed by atoms with Crippen LogP contribution >= 0.6 is 0 Å². The predicted molar refractivity (Wildman–Crippen MR) is 74.2 cm³/mol. The van der Waals surface area contributed by atoms with Crippen LogP contribution in [0.1, 0.15) is 52.9 Å². The molecular formula is C15H30N2. The topological polar surface area (TPSA) is 15.3 Å². The van der Waals surface area contributed by atoms with Gasteiger partial charge in [0.15, 0.2) is 0 Å². The van der Waals surface area contributed by atoms with Gasteiger partial charge in [0.05, 0.1) is 0 Å². The zero-order valence-corrected chi connectivity index (χ0v) is 11.9. The van der Waals surface area contributed by atoms with Crippen LogP contribution in [0.2, 0.25) is 0 Å². The van der Waals surface area contributed by atoms with Gasteiger partial charge < -0.3 is 5.32 Å². The lowest BCUT2D eigenvalue weighted by Gasteiger charge is -2.41. The highest BCUT2D eigenvalue weighted by atomic mass is 15.2. The molecule has 1 saturated carbocycles. The molecule has 2 atom stereocenters. The van der Waals surface area contributed by atoms with Crippen LogP contribution in [-0.2, 0) is 0 Å². The molecule has 1 heterocycles. The second-order valence-electron chi connectivity index (χ2n) is 6.57. The molecule has 1 N–H and O–H groups in total. The Morgan fingerprint density at radius 3 is 2.65 bits per heavy atom. The van der Waals surface area contributed by atoms with Crippen LogP contribution in [0.5, 0.6) is 0 Å². The van der Waals surface area contributed by atoms with Gasteiger partial charge in [-0.05, 0) is 37.5 Å². The molecule has 2 rings (SSSR count). The Balaban J connectivity index is 1.84. The van der Waals surface area contributed by atoms with E-state index in [2.05, 4.69) is 31.0 Å². The third kappa shape index (κ3) is 4.26. The summed E-state index contributed by atoms with van der Waals surface area (Å²) in [6.45, 7) is 10.9. The first-order chi connectivity index (χ1) is 8.19. The maximum absolute atomic E-state index is 3.77. The summed E-state index contributed by atoms with van der Waals surface area (Å²) >= 11 is 0. The van der Waals surface area contributed by atoms with Gasteiger partial charge in [-0.25, -0.2) is 0 Å². The van der Waals surface area contributed by atoms with Crippen LogP contribution in [0.25, 0.3) is 0 Å². The lowest BCUT2D eigenvalue weighted by Crippen LogP contribution is -2.57. The number of piperazine rings is 1. The second-order valence-corrected chi connectivity index (χ2v) is 6.57. The van der Waals surface area contributed by atoms with Gasteiger partial charge in [-0.2, -0.15) is 0 Å². The number of rotatable bonds is 6. The minimum Gasteiger partial charge on any atom is -0.311 e. The van der Waals surface area contributed by atoms with Crippen molar-refractivity contribution < 1.29 is 0 Å². The lowest BCUT2D eigenvalue weighted by molar-refractivity contribution is 0.110. The number of hydrogen-bond acceptors (Lipinski definition) is 2. The van der Waals surface area contributed by atoms with Crippen molar-refractivity contribution in [2.75, 3.05) is 19.6 Å². The van der Waals surface area contributed by atoms with E-state index >= 15 is 0 Å². The van der Waals surface area contributed by atoms with E-state index in [0.717, 1.165) is 23.9 Å². The summed E-state index contributed by atoms with van der Waals surface area (Å²) in [4.78, 5) is 2.80. The molecule has 0 aromatic carbocycles. The number of nitrogens with zero attached hydrogens (tertiary/aromatic N) is 1. The first kappa shape index (κ1) is 13.4. The van der Waals surface area contributed by atoms with E-state index in [9.17, 15) is 0 Å². The monoisotopic (exact) mass is 238 g/mol. The highest BCUT2D eigenvalue weighted by Gasteiger charge is 2.32. The molecule has 2 aliphatic rings. The van der Waals surface area contributed by atoms with Crippen molar-refractivity contribution in [2.24, 2.45) is 11.8 Å². The summed E-state index contributed by atoms with van der Waals surface area (Å²) in [5.41, 5.74) is 0. The molecule has 2 unspecified atom stereocenters. The number of hydrogen-bond donors (Lipinski definition) is 1. The molecule has 100 valence electrons.